The van der Waals surface area contributed by atoms with Crippen LogP contribution >= 0.6 is 0 Å². The molecule has 2 aliphatic rings. The number of imide groups is 1. The lowest BCUT2D eigenvalue weighted by Gasteiger charge is -2.34. The van der Waals surface area contributed by atoms with E-state index < -0.39 is 0 Å². The first-order valence-electron chi connectivity index (χ1n) is 8.20. The third-order valence-corrected chi connectivity index (χ3v) is 4.75. The zero-order valence-electron chi connectivity index (χ0n) is 15.0. The minimum Gasteiger partial charge on any atom is -0.493 e. The number of methoxy groups -OCH3 is 2. The van der Waals surface area contributed by atoms with E-state index in [2.05, 4.69) is 11.9 Å². The van der Waals surface area contributed by atoms with Crippen molar-refractivity contribution in [2.75, 3.05) is 54.5 Å². The number of piperazine rings is 1. The quantitative estimate of drug-likeness (QED) is 0.747. The molecular formula is C18H23N3O4. The second kappa shape index (κ2) is 6.76. The van der Waals surface area contributed by atoms with Gasteiger partial charge in [-0.15, -0.1) is 0 Å². The van der Waals surface area contributed by atoms with E-state index in [1.165, 1.54) is 11.9 Å². The topological polar surface area (TPSA) is 62.3 Å². The van der Waals surface area contributed by atoms with Gasteiger partial charge in [0.25, 0.3) is 11.8 Å². The number of likely N-dealkylation sites (N-methyl/N-ethyl adjacent to an activating group) is 2. The molecule has 0 aromatic heterocycles. The number of amides is 2. The molecule has 7 heteroatoms. The summed E-state index contributed by atoms with van der Waals surface area (Å²) in [6.45, 7) is 3.15. The van der Waals surface area contributed by atoms with E-state index in [9.17, 15) is 9.59 Å². The van der Waals surface area contributed by atoms with Gasteiger partial charge in [0.05, 0.1) is 19.8 Å². The van der Waals surface area contributed by atoms with Crippen LogP contribution in [0.3, 0.4) is 0 Å². The summed E-state index contributed by atoms with van der Waals surface area (Å²) in [5.74, 6) is 0.573. The van der Waals surface area contributed by atoms with Crippen LogP contribution in [0.15, 0.2) is 23.9 Å². The Hall–Kier alpha value is -2.54. The highest BCUT2D eigenvalue weighted by atomic mass is 16.5. The predicted octanol–water partition coefficient (Wildman–Crippen LogP) is 0.661. The van der Waals surface area contributed by atoms with E-state index in [-0.39, 0.29) is 11.8 Å². The highest BCUT2D eigenvalue weighted by molar-refractivity contribution is 6.35. The molecule has 0 spiro atoms. The van der Waals surface area contributed by atoms with Gasteiger partial charge < -0.3 is 19.3 Å². The summed E-state index contributed by atoms with van der Waals surface area (Å²) < 4.78 is 10.6. The van der Waals surface area contributed by atoms with Gasteiger partial charge in [-0.05, 0) is 24.7 Å². The first-order valence-corrected chi connectivity index (χ1v) is 8.20. The largest absolute Gasteiger partial charge is 0.493 e. The average molecular weight is 345 g/mol. The molecule has 0 bridgehead atoms. The lowest BCUT2D eigenvalue weighted by atomic mass is 10.0. The number of hydrogen-bond donors (Lipinski definition) is 0. The molecule has 0 atom stereocenters. The fraction of sp³-hybridized carbons (Fsp3) is 0.444. The maximum atomic E-state index is 12.7. The van der Waals surface area contributed by atoms with Crippen molar-refractivity contribution >= 4 is 17.4 Å². The summed E-state index contributed by atoms with van der Waals surface area (Å²) in [4.78, 5) is 30.8. The number of nitrogens with zero attached hydrogens (tertiary/aromatic N) is 3. The van der Waals surface area contributed by atoms with Crippen LogP contribution in [0.25, 0.3) is 5.57 Å². The Balaban J connectivity index is 2.08. The lowest BCUT2D eigenvalue weighted by molar-refractivity contribution is -0.136. The lowest BCUT2D eigenvalue weighted by Crippen LogP contribution is -2.45. The summed E-state index contributed by atoms with van der Waals surface area (Å²) in [6.07, 6.45) is 0. The maximum absolute atomic E-state index is 12.7. The Morgan fingerprint density at radius 1 is 0.880 bits per heavy atom. The predicted molar refractivity (Wildman–Crippen MR) is 93.3 cm³/mol. The van der Waals surface area contributed by atoms with Crippen molar-refractivity contribution in [1.29, 1.82) is 0 Å². The van der Waals surface area contributed by atoms with Crippen LogP contribution < -0.4 is 9.47 Å². The van der Waals surface area contributed by atoms with Gasteiger partial charge in [0, 0.05) is 33.2 Å². The molecule has 25 heavy (non-hydrogen) atoms. The Morgan fingerprint density at radius 3 is 2.12 bits per heavy atom. The SMILES string of the molecule is COc1ccc(C2=C(N3CCN(C)CC3)C(=O)N(C)C2=O)cc1OC. The molecule has 0 aliphatic carbocycles. The van der Waals surface area contributed by atoms with Crippen LogP contribution in [0.4, 0.5) is 0 Å². The summed E-state index contributed by atoms with van der Waals surface area (Å²) in [6, 6.07) is 5.28. The van der Waals surface area contributed by atoms with Crippen molar-refractivity contribution in [1.82, 2.24) is 14.7 Å². The van der Waals surface area contributed by atoms with Gasteiger partial charge in [0.1, 0.15) is 5.70 Å². The van der Waals surface area contributed by atoms with Crippen molar-refractivity contribution in [2.24, 2.45) is 0 Å². The molecule has 1 aromatic carbocycles. The molecule has 0 unspecified atom stereocenters. The van der Waals surface area contributed by atoms with E-state index in [0.717, 1.165) is 26.2 Å². The van der Waals surface area contributed by atoms with Crippen LogP contribution in [-0.4, -0.2) is 81.0 Å². The molecule has 1 fully saturated rings. The van der Waals surface area contributed by atoms with Gasteiger partial charge in [-0.1, -0.05) is 6.07 Å². The minimum atomic E-state index is -0.286. The standard InChI is InChI=1S/C18H23N3O4/c1-19-7-9-21(10-8-19)16-15(17(22)20(2)18(16)23)12-5-6-13(24-3)14(11-12)25-4/h5-6,11H,7-10H2,1-4H3. The first kappa shape index (κ1) is 17.3. The number of carbonyl (C=O) groups excluding carboxylic acids is 2. The Labute approximate surface area is 147 Å². The summed E-state index contributed by atoms with van der Waals surface area (Å²) in [5.41, 5.74) is 1.57. The Kier molecular flexibility index (Phi) is 4.67. The molecule has 2 amide bonds. The zero-order chi connectivity index (χ0) is 18.1. The van der Waals surface area contributed by atoms with Gasteiger partial charge >= 0.3 is 0 Å². The van der Waals surface area contributed by atoms with Crippen molar-refractivity contribution in [3.05, 3.63) is 29.5 Å². The molecule has 0 saturated carbocycles. The van der Waals surface area contributed by atoms with Gasteiger partial charge in [-0.3, -0.25) is 14.5 Å². The van der Waals surface area contributed by atoms with Gasteiger partial charge in [-0.25, -0.2) is 0 Å². The molecule has 0 radical (unpaired) electrons. The van der Waals surface area contributed by atoms with Crippen LogP contribution in [0, 0.1) is 0 Å². The maximum Gasteiger partial charge on any atom is 0.277 e. The highest BCUT2D eigenvalue weighted by Gasteiger charge is 2.40. The highest BCUT2D eigenvalue weighted by Crippen LogP contribution is 2.36. The molecule has 2 aliphatic heterocycles. The fourth-order valence-corrected chi connectivity index (χ4v) is 3.20. The second-order valence-electron chi connectivity index (χ2n) is 6.25. The van der Waals surface area contributed by atoms with E-state index in [1.54, 1.807) is 32.4 Å². The Bertz CT molecular complexity index is 736. The monoisotopic (exact) mass is 345 g/mol. The van der Waals surface area contributed by atoms with Crippen LogP contribution in [0.5, 0.6) is 11.5 Å². The summed E-state index contributed by atoms with van der Waals surface area (Å²) >= 11 is 0. The van der Waals surface area contributed by atoms with E-state index in [4.69, 9.17) is 9.47 Å². The van der Waals surface area contributed by atoms with Gasteiger partial charge in [0.15, 0.2) is 11.5 Å². The van der Waals surface area contributed by atoms with Crippen LogP contribution in [-0.2, 0) is 9.59 Å². The number of hydrogen-bond acceptors (Lipinski definition) is 6. The van der Waals surface area contributed by atoms with Gasteiger partial charge in [0.2, 0.25) is 0 Å². The molecule has 0 N–H and O–H groups in total. The molecule has 2 heterocycles. The molecule has 3 rings (SSSR count). The first-order chi connectivity index (χ1) is 12.0. The summed E-state index contributed by atoms with van der Waals surface area (Å²) in [7, 11) is 6.68. The van der Waals surface area contributed by atoms with Crippen molar-refractivity contribution in [2.45, 2.75) is 0 Å². The van der Waals surface area contributed by atoms with Crippen molar-refractivity contribution < 1.29 is 19.1 Å². The molecular weight excluding hydrogens is 322 g/mol. The molecule has 1 aromatic rings. The third-order valence-electron chi connectivity index (χ3n) is 4.75. The Morgan fingerprint density at radius 2 is 1.52 bits per heavy atom. The smallest absolute Gasteiger partial charge is 0.277 e. The van der Waals surface area contributed by atoms with E-state index in [0.29, 0.717) is 28.3 Å². The summed E-state index contributed by atoms with van der Waals surface area (Å²) in [5, 5.41) is 0. The number of carbonyl (C=O) groups is 2. The normalized spacial score (nSPS) is 19.0. The van der Waals surface area contributed by atoms with Gasteiger partial charge in [-0.2, -0.15) is 0 Å². The van der Waals surface area contributed by atoms with Crippen molar-refractivity contribution in [3.63, 3.8) is 0 Å². The van der Waals surface area contributed by atoms with Crippen LogP contribution in [0.2, 0.25) is 0 Å². The van der Waals surface area contributed by atoms with E-state index >= 15 is 0 Å². The fourth-order valence-electron chi connectivity index (χ4n) is 3.20. The molecule has 1 saturated heterocycles. The third kappa shape index (κ3) is 2.95. The molecule has 134 valence electrons. The van der Waals surface area contributed by atoms with E-state index in [1.807, 2.05) is 4.90 Å². The number of rotatable bonds is 4. The second-order valence-corrected chi connectivity index (χ2v) is 6.25. The number of benzene rings is 1. The average Bonchev–Trinajstić information content (AvgIpc) is 2.86. The number of ether oxygens (including phenoxy) is 2. The molecule has 7 nitrogen and oxygen atoms in total. The van der Waals surface area contributed by atoms with Crippen LogP contribution in [0.1, 0.15) is 5.56 Å². The minimum absolute atomic E-state index is 0.251. The van der Waals surface area contributed by atoms with Crippen molar-refractivity contribution in [3.8, 4) is 11.5 Å². The zero-order valence-corrected chi connectivity index (χ0v) is 15.0.